The Balaban J connectivity index is 0. The summed E-state index contributed by atoms with van der Waals surface area (Å²) in [6.07, 6.45) is 0. The smallest absolute Gasteiger partial charge is 0.0809 e. The van der Waals surface area contributed by atoms with E-state index in [4.69, 9.17) is 10.2 Å². The maximum absolute atomic E-state index is 7.57. The number of rotatable bonds is 0. The van der Waals surface area contributed by atoms with E-state index in [1.807, 2.05) is 0 Å². The van der Waals surface area contributed by atoms with Crippen LogP contribution in [0.15, 0.2) is 42.5 Å². The average molecular weight is 291 g/mol. The van der Waals surface area contributed by atoms with Crippen molar-refractivity contribution in [2.45, 2.75) is 13.8 Å². The van der Waals surface area contributed by atoms with E-state index in [1.165, 1.54) is 30.1 Å². The molecular weight excluding hydrogens is 271 g/mol. The van der Waals surface area contributed by atoms with Gasteiger partial charge in [-0.1, -0.05) is 6.07 Å². The van der Waals surface area contributed by atoms with Gasteiger partial charge in [0.25, 0.3) is 0 Å². The van der Waals surface area contributed by atoms with Gasteiger partial charge < -0.3 is 10.2 Å². The van der Waals surface area contributed by atoms with Gasteiger partial charge >= 0.3 is 28.7 Å². The van der Waals surface area contributed by atoms with E-state index in [1.54, 1.807) is 13.8 Å². The van der Waals surface area contributed by atoms with Gasteiger partial charge in [0.1, 0.15) is 0 Å². The number of aliphatic hydroxyl groups excluding tert-OH is 2. The van der Waals surface area contributed by atoms with Crippen LogP contribution in [-0.4, -0.2) is 23.4 Å². The number of aliphatic hydroxyl groups is 2. The predicted octanol–water partition coefficient (Wildman–Crippen LogP) is 3.24. The molecule has 0 aromatic heterocycles. The first-order chi connectivity index (χ1) is 8.29. The minimum absolute atomic E-state index is 0.250. The second kappa shape index (κ2) is 15.8. The minimum atomic E-state index is 0.250. The largest absolute Gasteiger partial charge is 0.168 e. The Kier molecular flexibility index (Phi) is 17.7. The molecule has 17 heavy (non-hydrogen) atoms. The van der Waals surface area contributed by atoms with Crippen LogP contribution in [0.2, 0.25) is 0 Å². The molecule has 0 aliphatic rings. The van der Waals surface area contributed by atoms with Crippen molar-refractivity contribution in [2.75, 3.05) is 13.2 Å². The van der Waals surface area contributed by atoms with E-state index >= 15 is 0 Å². The number of fused-ring (bicyclic) bond motifs is 1. The normalized spacial score (nSPS) is 7.76. The molecule has 2 aromatic rings. The molecular formula is C13H19ClO2Ti. The third-order valence-electron chi connectivity index (χ3n) is 1.55. The van der Waals surface area contributed by atoms with Crippen LogP contribution in [0.25, 0.3) is 10.8 Å². The summed E-state index contributed by atoms with van der Waals surface area (Å²) >= 11 is 1.47. The van der Waals surface area contributed by atoms with E-state index in [0.29, 0.717) is 0 Å². The van der Waals surface area contributed by atoms with Crippen LogP contribution in [0.1, 0.15) is 13.8 Å². The Hall–Kier alpha value is -0.246. The molecule has 2 rings (SSSR count). The van der Waals surface area contributed by atoms with Crippen LogP contribution in [0, 0.1) is 0 Å². The Bertz CT molecular complexity index is 318. The predicted molar refractivity (Wildman–Crippen MR) is 70.9 cm³/mol. The first kappa shape index (κ1) is 19.1. The standard InChI is InChI=1S/C9H7.2C2H6O.ClH.Ti/c1-2-5-9-7-3-6-8(9)4-1;2*1-2-3;;/h1-7H;2*3H,2H2,1H3;1H;/q-1;;;;+2/p-1. The van der Waals surface area contributed by atoms with Gasteiger partial charge in [0.2, 0.25) is 0 Å². The fourth-order valence-electron chi connectivity index (χ4n) is 1.07. The zero-order valence-corrected chi connectivity index (χ0v) is 12.5. The maximum atomic E-state index is 7.57. The molecule has 0 saturated heterocycles. The second-order valence-corrected chi connectivity index (χ2v) is 2.79. The van der Waals surface area contributed by atoms with E-state index in [2.05, 4.69) is 51.8 Å². The van der Waals surface area contributed by atoms with Crippen molar-refractivity contribution in [3.05, 3.63) is 42.5 Å². The molecule has 2 N–H and O–H groups in total. The molecule has 0 radical (unpaired) electrons. The number of hydrogen-bond acceptors (Lipinski definition) is 2. The quantitative estimate of drug-likeness (QED) is 0.577. The van der Waals surface area contributed by atoms with Crippen LogP contribution in [0.4, 0.5) is 0 Å². The summed E-state index contributed by atoms with van der Waals surface area (Å²) in [5.41, 5.74) is 0. The fraction of sp³-hybridized carbons (Fsp3) is 0.308. The Morgan fingerprint density at radius 2 is 1.53 bits per heavy atom. The molecule has 0 heterocycles. The molecule has 2 nitrogen and oxygen atoms in total. The van der Waals surface area contributed by atoms with Crippen molar-refractivity contribution < 1.29 is 29.6 Å². The zero-order chi connectivity index (χ0) is 13.5. The number of hydrogen-bond donors (Lipinski definition) is 2. The Labute approximate surface area is 119 Å². The van der Waals surface area contributed by atoms with Crippen molar-refractivity contribution >= 4 is 20.1 Å². The van der Waals surface area contributed by atoms with Crippen molar-refractivity contribution in [1.82, 2.24) is 0 Å². The van der Waals surface area contributed by atoms with Gasteiger partial charge in [-0.25, -0.2) is 0 Å². The average Bonchev–Trinajstić information content (AvgIpc) is 2.82. The van der Waals surface area contributed by atoms with Gasteiger partial charge in [-0.3, -0.25) is 0 Å². The van der Waals surface area contributed by atoms with Crippen LogP contribution >= 0.6 is 9.30 Å². The summed E-state index contributed by atoms with van der Waals surface area (Å²) in [5.74, 6) is 0. The zero-order valence-electron chi connectivity index (χ0n) is 10.2. The molecule has 0 aliphatic heterocycles. The SMILES string of the molecule is CCO.CCO.[Cl][Ti+].c1ccc2[cH-]ccc2c1. The molecule has 4 heteroatoms. The molecule has 2 aromatic carbocycles. The molecule has 0 unspecified atom stereocenters. The molecule has 0 spiro atoms. The van der Waals surface area contributed by atoms with Gasteiger partial charge in [0, 0.05) is 13.2 Å². The first-order valence-corrected chi connectivity index (χ1v) is 7.46. The summed E-state index contributed by atoms with van der Waals surface area (Å²) in [7, 11) is 4.64. The summed E-state index contributed by atoms with van der Waals surface area (Å²) in [6.45, 7) is 3.86. The summed E-state index contributed by atoms with van der Waals surface area (Å²) in [4.78, 5) is 0. The van der Waals surface area contributed by atoms with Crippen LogP contribution in [-0.2, 0) is 19.4 Å². The van der Waals surface area contributed by atoms with Crippen molar-refractivity contribution in [2.24, 2.45) is 0 Å². The van der Waals surface area contributed by atoms with E-state index in [-0.39, 0.29) is 13.2 Å². The monoisotopic (exact) mass is 290 g/mol. The fourth-order valence-corrected chi connectivity index (χ4v) is 1.07. The summed E-state index contributed by atoms with van der Waals surface area (Å²) < 4.78 is 0. The minimum Gasteiger partial charge on any atom is -0.168 e. The third kappa shape index (κ3) is 10.6. The molecule has 94 valence electrons. The van der Waals surface area contributed by atoms with Gasteiger partial charge in [0.15, 0.2) is 0 Å². The van der Waals surface area contributed by atoms with Gasteiger partial charge in [0.05, 0.1) is 0 Å². The van der Waals surface area contributed by atoms with Gasteiger partial charge in [-0.15, -0.1) is 29.7 Å². The molecule has 0 amide bonds. The Morgan fingerprint density at radius 1 is 1.06 bits per heavy atom. The van der Waals surface area contributed by atoms with Gasteiger partial charge in [-0.2, -0.15) is 17.5 Å². The topological polar surface area (TPSA) is 40.5 Å². The molecule has 0 saturated carbocycles. The van der Waals surface area contributed by atoms with E-state index < -0.39 is 0 Å². The van der Waals surface area contributed by atoms with E-state index in [9.17, 15) is 0 Å². The third-order valence-corrected chi connectivity index (χ3v) is 1.55. The summed E-state index contributed by atoms with van der Waals surface area (Å²) in [5, 5.41) is 17.8. The molecule has 0 fully saturated rings. The number of halogens is 1. The summed E-state index contributed by atoms with van der Waals surface area (Å²) in [6, 6.07) is 14.7. The number of benzene rings is 1. The molecule has 0 aliphatic carbocycles. The maximum Gasteiger partial charge on any atom is -0.0809 e. The molecule has 0 bridgehead atoms. The van der Waals surface area contributed by atoms with Crippen LogP contribution < -0.4 is 0 Å². The second-order valence-electron chi connectivity index (χ2n) is 2.79. The van der Waals surface area contributed by atoms with Crippen molar-refractivity contribution in [1.29, 1.82) is 0 Å². The van der Waals surface area contributed by atoms with Crippen molar-refractivity contribution in [3.63, 3.8) is 0 Å². The van der Waals surface area contributed by atoms with Crippen LogP contribution in [0.5, 0.6) is 0 Å². The van der Waals surface area contributed by atoms with Gasteiger partial charge in [-0.05, 0) is 13.8 Å². The Morgan fingerprint density at radius 3 is 2.00 bits per heavy atom. The molecule has 0 atom stereocenters. The van der Waals surface area contributed by atoms with Crippen molar-refractivity contribution in [3.8, 4) is 0 Å². The first-order valence-electron chi connectivity index (χ1n) is 5.31. The van der Waals surface area contributed by atoms with Crippen LogP contribution in [0.3, 0.4) is 0 Å². The van der Waals surface area contributed by atoms with E-state index in [0.717, 1.165) is 0 Å².